The summed E-state index contributed by atoms with van der Waals surface area (Å²) in [5.74, 6) is 1.49. The van der Waals surface area contributed by atoms with Crippen LogP contribution in [-0.4, -0.2) is 44.2 Å². The van der Waals surface area contributed by atoms with Gasteiger partial charge in [0.05, 0.1) is 21.3 Å². The number of carbonyl (C=O) groups excluding carboxylic acids is 1. The maximum atomic E-state index is 12.3. The van der Waals surface area contributed by atoms with Crippen molar-refractivity contribution in [3.8, 4) is 17.2 Å². The van der Waals surface area contributed by atoms with Gasteiger partial charge in [0.15, 0.2) is 11.5 Å². The molecule has 0 fully saturated rings. The number of benzene rings is 1. The summed E-state index contributed by atoms with van der Waals surface area (Å²) in [5, 5.41) is 0. The van der Waals surface area contributed by atoms with Crippen molar-refractivity contribution in [2.45, 2.75) is 6.54 Å². The maximum Gasteiger partial charge on any atom is 0.246 e. The smallest absolute Gasteiger partial charge is 0.246 e. The van der Waals surface area contributed by atoms with Crippen LogP contribution in [0.4, 0.5) is 0 Å². The fourth-order valence-corrected chi connectivity index (χ4v) is 2.33. The Balaban J connectivity index is 2.13. The molecule has 0 aliphatic carbocycles. The first-order chi connectivity index (χ1) is 12.1. The Labute approximate surface area is 147 Å². The van der Waals surface area contributed by atoms with Crippen LogP contribution in [0.1, 0.15) is 11.1 Å². The highest BCUT2D eigenvalue weighted by atomic mass is 16.5. The lowest BCUT2D eigenvalue weighted by atomic mass is 10.1. The predicted octanol–water partition coefficient (Wildman–Crippen LogP) is 2.78. The van der Waals surface area contributed by atoms with E-state index in [-0.39, 0.29) is 5.91 Å². The van der Waals surface area contributed by atoms with Crippen molar-refractivity contribution in [3.05, 3.63) is 53.9 Å². The number of amides is 1. The van der Waals surface area contributed by atoms with E-state index < -0.39 is 0 Å². The third-order valence-corrected chi connectivity index (χ3v) is 3.65. The van der Waals surface area contributed by atoms with Gasteiger partial charge in [-0.05, 0) is 41.5 Å². The van der Waals surface area contributed by atoms with E-state index in [4.69, 9.17) is 14.2 Å². The Hall–Kier alpha value is -3.02. The van der Waals surface area contributed by atoms with Gasteiger partial charge in [-0.3, -0.25) is 9.78 Å². The highest BCUT2D eigenvalue weighted by Crippen LogP contribution is 2.38. The topological polar surface area (TPSA) is 60.9 Å². The minimum Gasteiger partial charge on any atom is -0.493 e. The van der Waals surface area contributed by atoms with Crippen molar-refractivity contribution in [2.75, 3.05) is 28.4 Å². The molecule has 0 radical (unpaired) electrons. The van der Waals surface area contributed by atoms with Crippen LogP contribution in [0.5, 0.6) is 17.2 Å². The number of ether oxygens (including phenoxy) is 3. The van der Waals surface area contributed by atoms with E-state index in [0.29, 0.717) is 23.8 Å². The van der Waals surface area contributed by atoms with Crippen LogP contribution in [0.15, 0.2) is 42.7 Å². The zero-order valence-corrected chi connectivity index (χ0v) is 14.9. The first-order valence-electron chi connectivity index (χ1n) is 7.71. The summed E-state index contributed by atoms with van der Waals surface area (Å²) >= 11 is 0. The molecule has 0 bridgehead atoms. The first kappa shape index (κ1) is 18.3. The Bertz CT molecular complexity index is 719. The zero-order valence-electron chi connectivity index (χ0n) is 14.9. The molecule has 0 saturated heterocycles. The minimum atomic E-state index is -0.106. The molecule has 1 amide bonds. The predicted molar refractivity (Wildman–Crippen MR) is 95.8 cm³/mol. The number of methoxy groups -OCH3 is 3. The lowest BCUT2D eigenvalue weighted by Crippen LogP contribution is -2.24. The van der Waals surface area contributed by atoms with Crippen molar-refractivity contribution < 1.29 is 19.0 Å². The van der Waals surface area contributed by atoms with Crippen LogP contribution in [0, 0.1) is 0 Å². The Kier molecular flexibility index (Phi) is 6.39. The Morgan fingerprint density at radius 2 is 1.68 bits per heavy atom. The average Bonchev–Trinajstić information content (AvgIpc) is 2.65. The van der Waals surface area contributed by atoms with E-state index in [2.05, 4.69) is 4.98 Å². The molecule has 0 aliphatic rings. The molecule has 6 heteroatoms. The van der Waals surface area contributed by atoms with Gasteiger partial charge in [-0.15, -0.1) is 0 Å². The fraction of sp³-hybridized carbons (Fsp3) is 0.263. The molecule has 0 atom stereocenters. The number of rotatable bonds is 7. The van der Waals surface area contributed by atoms with Crippen LogP contribution >= 0.6 is 0 Å². The maximum absolute atomic E-state index is 12.3. The monoisotopic (exact) mass is 342 g/mol. The van der Waals surface area contributed by atoms with Gasteiger partial charge < -0.3 is 19.1 Å². The van der Waals surface area contributed by atoms with Gasteiger partial charge in [0.25, 0.3) is 0 Å². The molecule has 1 aromatic heterocycles. The largest absolute Gasteiger partial charge is 0.493 e. The molecule has 25 heavy (non-hydrogen) atoms. The van der Waals surface area contributed by atoms with E-state index in [0.717, 1.165) is 11.1 Å². The molecular formula is C19H22N2O4. The van der Waals surface area contributed by atoms with Gasteiger partial charge in [-0.25, -0.2) is 0 Å². The molecule has 0 aliphatic heterocycles. The number of likely N-dealkylation sites (N-methyl/N-ethyl adjacent to an activating group) is 1. The summed E-state index contributed by atoms with van der Waals surface area (Å²) in [6, 6.07) is 7.33. The van der Waals surface area contributed by atoms with Gasteiger partial charge in [0.1, 0.15) is 0 Å². The molecule has 0 spiro atoms. The molecule has 1 aromatic carbocycles. The van der Waals surface area contributed by atoms with Crippen molar-refractivity contribution in [2.24, 2.45) is 0 Å². The number of carbonyl (C=O) groups is 1. The summed E-state index contributed by atoms with van der Waals surface area (Å²) < 4.78 is 15.9. The normalized spacial score (nSPS) is 10.6. The second-order valence-electron chi connectivity index (χ2n) is 5.34. The van der Waals surface area contributed by atoms with E-state index in [1.807, 2.05) is 12.1 Å². The summed E-state index contributed by atoms with van der Waals surface area (Å²) in [6.07, 6.45) is 6.65. The van der Waals surface area contributed by atoms with Gasteiger partial charge in [0, 0.05) is 32.1 Å². The van der Waals surface area contributed by atoms with Crippen LogP contribution < -0.4 is 14.2 Å². The second-order valence-corrected chi connectivity index (χ2v) is 5.34. The minimum absolute atomic E-state index is 0.106. The van der Waals surface area contributed by atoms with E-state index in [1.54, 1.807) is 63.9 Å². The van der Waals surface area contributed by atoms with Crippen LogP contribution in [0.3, 0.4) is 0 Å². The van der Waals surface area contributed by atoms with Crippen molar-refractivity contribution in [3.63, 3.8) is 0 Å². The summed E-state index contributed by atoms with van der Waals surface area (Å²) in [4.78, 5) is 17.9. The van der Waals surface area contributed by atoms with Crippen LogP contribution in [0.2, 0.25) is 0 Å². The highest BCUT2D eigenvalue weighted by Gasteiger charge is 2.12. The molecule has 2 rings (SSSR count). The van der Waals surface area contributed by atoms with Crippen LogP contribution in [0.25, 0.3) is 6.08 Å². The summed E-state index contributed by atoms with van der Waals surface area (Å²) in [5.41, 5.74) is 1.80. The number of aromatic nitrogens is 1. The third kappa shape index (κ3) is 4.73. The first-order valence-corrected chi connectivity index (χ1v) is 7.71. The molecule has 0 N–H and O–H groups in total. The second kappa shape index (κ2) is 8.73. The van der Waals surface area contributed by atoms with Crippen molar-refractivity contribution in [1.82, 2.24) is 9.88 Å². The average molecular weight is 342 g/mol. The summed E-state index contributed by atoms with van der Waals surface area (Å²) in [7, 11) is 6.41. The number of pyridine rings is 1. The van der Waals surface area contributed by atoms with E-state index >= 15 is 0 Å². The number of hydrogen-bond acceptors (Lipinski definition) is 5. The molecule has 0 unspecified atom stereocenters. The lowest BCUT2D eigenvalue weighted by molar-refractivity contribution is -0.125. The molecule has 1 heterocycles. The molecule has 132 valence electrons. The van der Waals surface area contributed by atoms with Gasteiger partial charge in [-0.1, -0.05) is 0 Å². The quantitative estimate of drug-likeness (QED) is 0.724. The fourth-order valence-electron chi connectivity index (χ4n) is 2.33. The van der Waals surface area contributed by atoms with E-state index in [1.165, 1.54) is 6.08 Å². The Morgan fingerprint density at radius 3 is 2.20 bits per heavy atom. The van der Waals surface area contributed by atoms with Gasteiger partial charge in [0.2, 0.25) is 11.7 Å². The highest BCUT2D eigenvalue weighted by molar-refractivity contribution is 5.91. The Morgan fingerprint density at radius 1 is 1.08 bits per heavy atom. The summed E-state index contributed by atoms with van der Waals surface area (Å²) in [6.45, 7) is 0.515. The van der Waals surface area contributed by atoms with Gasteiger partial charge in [-0.2, -0.15) is 0 Å². The van der Waals surface area contributed by atoms with Crippen molar-refractivity contribution in [1.29, 1.82) is 0 Å². The van der Waals surface area contributed by atoms with Gasteiger partial charge >= 0.3 is 0 Å². The third-order valence-electron chi connectivity index (χ3n) is 3.65. The zero-order chi connectivity index (χ0) is 18.2. The molecular weight excluding hydrogens is 320 g/mol. The van der Waals surface area contributed by atoms with Crippen molar-refractivity contribution >= 4 is 12.0 Å². The van der Waals surface area contributed by atoms with E-state index in [9.17, 15) is 4.79 Å². The standard InChI is InChI=1S/C19H22N2O4/c1-21(13-14-7-9-20-10-8-14)18(22)6-5-15-11-16(23-2)19(25-4)17(12-15)24-3/h5-12H,13H2,1-4H3/b6-5+. The molecule has 2 aromatic rings. The number of nitrogens with zero attached hydrogens (tertiary/aromatic N) is 2. The SMILES string of the molecule is COc1cc(/C=C/C(=O)N(C)Cc2ccncc2)cc(OC)c1OC. The van der Waals surface area contributed by atoms with Crippen LogP contribution in [-0.2, 0) is 11.3 Å². The molecule has 0 saturated carbocycles. The number of hydrogen-bond donors (Lipinski definition) is 0. The molecule has 6 nitrogen and oxygen atoms in total. The lowest BCUT2D eigenvalue weighted by Gasteiger charge is -2.15.